The summed E-state index contributed by atoms with van der Waals surface area (Å²) in [5.41, 5.74) is -7.10. The largest absolute Gasteiger partial charge is 0.475 e. The molecule has 0 fully saturated rings. The van der Waals surface area contributed by atoms with Crippen molar-refractivity contribution in [2.45, 2.75) is 0 Å². The Hall–Kier alpha value is -4.24. The van der Waals surface area contributed by atoms with Crippen molar-refractivity contribution in [2.75, 3.05) is 68.6 Å². The molecular weight excluding hydrogens is 580 g/mol. The second-order valence-corrected chi connectivity index (χ2v) is 9.53. The molecule has 0 radical (unpaired) electrons. The lowest BCUT2D eigenvalue weighted by molar-refractivity contribution is -0.485. The van der Waals surface area contributed by atoms with Crippen LogP contribution in [0.4, 0.5) is 46.5 Å². The van der Waals surface area contributed by atoms with Crippen LogP contribution < -0.4 is 0 Å². The third-order valence-electron chi connectivity index (χ3n) is 6.91. The molecule has 8 nitrogen and oxygen atoms in total. The van der Waals surface area contributed by atoms with Crippen LogP contribution >= 0.6 is 0 Å². The minimum absolute atomic E-state index is 0.224. The molecule has 0 unspecified atom stereocenters. The highest BCUT2D eigenvalue weighted by Gasteiger charge is 2.37. The Bertz CT molecular complexity index is 1430. The number of aliphatic imine (C=N–C) groups is 2. The summed E-state index contributed by atoms with van der Waals surface area (Å²) in [7, 11) is 8.60. The maximum Gasteiger partial charge on any atom is 0.335 e. The van der Waals surface area contributed by atoms with Crippen LogP contribution in [0.5, 0.6) is 0 Å². The zero-order chi connectivity index (χ0) is 31.2. The number of rotatable bonds is 5. The summed E-state index contributed by atoms with van der Waals surface area (Å²) in [6.45, 7) is 1.87. The third kappa shape index (κ3) is 4.91. The van der Waals surface area contributed by atoms with E-state index < -0.39 is 80.8 Å². The average Bonchev–Trinajstić information content (AvgIpc) is 3.48. The average molecular weight is 607 g/mol. The summed E-state index contributed by atoms with van der Waals surface area (Å²) >= 11 is 0. The van der Waals surface area contributed by atoms with E-state index >= 15 is 35.1 Å². The Balaban J connectivity index is 1.92. The highest BCUT2D eigenvalue weighted by Crippen LogP contribution is 2.42. The fraction of sp³-hybridized carbons (Fsp3) is 0.385. The molecule has 2 aromatic carbocycles. The Morgan fingerprint density at radius 3 is 1.07 bits per heavy atom. The number of benzene rings is 2. The van der Waals surface area contributed by atoms with Crippen LogP contribution in [0.2, 0.25) is 0 Å². The number of amidine groups is 2. The van der Waals surface area contributed by atoms with Crippen molar-refractivity contribution in [3.05, 3.63) is 46.5 Å². The van der Waals surface area contributed by atoms with Gasteiger partial charge in [-0.15, -0.1) is 0 Å². The molecule has 42 heavy (non-hydrogen) atoms. The van der Waals surface area contributed by atoms with E-state index in [1.54, 1.807) is 47.1 Å². The number of halogens is 8. The molecule has 0 N–H and O–H groups in total. The van der Waals surface area contributed by atoms with E-state index in [4.69, 9.17) is 9.47 Å². The number of methoxy groups -OCH3 is 2. The molecule has 0 bridgehead atoms. The predicted octanol–water partition coefficient (Wildman–Crippen LogP) is 3.79. The second-order valence-electron chi connectivity index (χ2n) is 9.53. The number of likely N-dealkylation sites (N-methyl/N-ethyl adjacent to an activating group) is 4. The van der Waals surface area contributed by atoms with E-state index in [1.807, 2.05) is 0 Å². The van der Waals surface area contributed by atoms with Crippen molar-refractivity contribution < 1.29 is 53.7 Å². The molecule has 0 aromatic heterocycles. The maximum atomic E-state index is 15.2. The van der Waals surface area contributed by atoms with E-state index in [-0.39, 0.29) is 11.7 Å². The Kier molecular flexibility index (Phi) is 8.46. The van der Waals surface area contributed by atoms with Gasteiger partial charge in [-0.1, -0.05) is 0 Å². The quantitative estimate of drug-likeness (QED) is 0.171. The topological polar surface area (TPSA) is 55.7 Å². The van der Waals surface area contributed by atoms with Crippen molar-refractivity contribution in [1.82, 2.24) is 9.80 Å². The lowest BCUT2D eigenvalue weighted by atomic mass is 10.00. The highest BCUT2D eigenvalue weighted by molar-refractivity contribution is 6.36. The van der Waals surface area contributed by atoms with Gasteiger partial charge in [0.2, 0.25) is 0 Å². The van der Waals surface area contributed by atoms with Crippen LogP contribution in [0.25, 0.3) is 11.1 Å². The molecule has 2 aliphatic rings. The molecule has 0 aliphatic carbocycles. The molecule has 2 aliphatic heterocycles. The van der Waals surface area contributed by atoms with Crippen molar-refractivity contribution in [3.8, 4) is 11.1 Å². The minimum Gasteiger partial charge on any atom is -0.475 e. The Labute approximate surface area is 235 Å². The summed E-state index contributed by atoms with van der Waals surface area (Å²) in [5, 5.41) is 0. The van der Waals surface area contributed by atoms with Gasteiger partial charge in [0, 0.05) is 0 Å². The summed E-state index contributed by atoms with van der Waals surface area (Å²) in [4.78, 5) is 10.3. The van der Waals surface area contributed by atoms with Gasteiger partial charge in [-0.2, -0.15) is 0 Å². The van der Waals surface area contributed by atoms with E-state index in [0.29, 0.717) is 26.2 Å². The molecule has 0 saturated carbocycles. The van der Waals surface area contributed by atoms with Crippen LogP contribution in [-0.4, -0.2) is 111 Å². The molecule has 0 amide bonds. The standard InChI is InChI=1S/C26H26F8N6O2/c1-37-7-8-38(2)25(37)23(41-5)35-21-17(31)13(27)11(14(28)18(21)32)12-15(29)19(33)22(20(34)16(12)30)36-24(42-6)26-39(3)9-10-40(26)4/h7-10H2,1-6H3/q+2. The molecule has 0 saturated heterocycles. The molecule has 0 spiro atoms. The normalized spacial score (nSPS) is 16.4. The lowest BCUT2D eigenvalue weighted by Gasteiger charge is -2.15. The van der Waals surface area contributed by atoms with Crippen LogP contribution in [0, 0.1) is 46.5 Å². The zero-order valence-electron chi connectivity index (χ0n) is 23.4. The number of hydrogen-bond donors (Lipinski definition) is 0. The van der Waals surface area contributed by atoms with E-state index in [0.717, 1.165) is 14.2 Å². The van der Waals surface area contributed by atoms with Crippen LogP contribution in [0.15, 0.2) is 9.98 Å². The zero-order valence-corrected chi connectivity index (χ0v) is 23.4. The number of ether oxygens (including phenoxy) is 2. The van der Waals surface area contributed by atoms with Gasteiger partial charge in [0.15, 0.2) is 46.5 Å². The summed E-state index contributed by atoms with van der Waals surface area (Å²) in [5.74, 6) is -18.6. The molecule has 0 atom stereocenters. The molecular formula is C26H26F8N6O2+2. The van der Waals surface area contributed by atoms with Gasteiger partial charge in [-0.25, -0.2) is 45.1 Å². The molecule has 16 heteroatoms. The minimum atomic E-state index is -2.35. The first kappa shape index (κ1) is 30.7. The van der Waals surface area contributed by atoms with Gasteiger partial charge in [0.1, 0.15) is 37.6 Å². The van der Waals surface area contributed by atoms with Crippen molar-refractivity contribution in [1.29, 1.82) is 0 Å². The van der Waals surface area contributed by atoms with E-state index in [1.165, 1.54) is 0 Å². The van der Waals surface area contributed by atoms with Gasteiger partial charge in [-0.3, -0.25) is 19.0 Å². The van der Waals surface area contributed by atoms with Crippen LogP contribution in [-0.2, 0) is 9.47 Å². The lowest BCUT2D eigenvalue weighted by Crippen LogP contribution is -2.33. The molecule has 2 aromatic rings. The van der Waals surface area contributed by atoms with Gasteiger partial charge in [0.25, 0.3) is 0 Å². The first-order valence-electron chi connectivity index (χ1n) is 12.3. The first-order chi connectivity index (χ1) is 19.8. The predicted molar refractivity (Wildman–Crippen MR) is 137 cm³/mol. The van der Waals surface area contributed by atoms with Crippen molar-refractivity contribution in [3.63, 3.8) is 0 Å². The van der Waals surface area contributed by atoms with Gasteiger partial charge in [-0.05, 0) is 0 Å². The molecule has 2 heterocycles. The monoisotopic (exact) mass is 606 g/mol. The first-order valence-corrected chi connectivity index (χ1v) is 12.3. The van der Waals surface area contributed by atoms with Gasteiger partial charge < -0.3 is 9.47 Å². The Morgan fingerprint density at radius 2 is 0.857 bits per heavy atom. The summed E-state index contributed by atoms with van der Waals surface area (Å²) in [6.07, 6.45) is 0. The van der Waals surface area contributed by atoms with Crippen molar-refractivity contribution >= 4 is 34.8 Å². The fourth-order valence-electron chi connectivity index (χ4n) is 4.71. The van der Waals surface area contributed by atoms with Gasteiger partial charge >= 0.3 is 23.5 Å². The SMILES string of the molecule is COC(=Nc1c(F)c(F)c(-c2c(F)c(F)c(N=C(OC)C3=[N+](C)CCN3C)c(F)c2F)c(F)c1F)C1=[N+](C)CCN1C. The van der Waals surface area contributed by atoms with E-state index in [9.17, 15) is 0 Å². The smallest absolute Gasteiger partial charge is 0.335 e. The third-order valence-corrected chi connectivity index (χ3v) is 6.91. The Morgan fingerprint density at radius 1 is 0.571 bits per heavy atom. The summed E-state index contributed by atoms with van der Waals surface area (Å²) in [6, 6.07) is 0. The number of nitrogens with zero attached hydrogens (tertiary/aromatic N) is 6. The molecule has 226 valence electrons. The molecule has 4 rings (SSSR count). The van der Waals surface area contributed by atoms with Crippen molar-refractivity contribution in [2.24, 2.45) is 9.98 Å². The highest BCUT2D eigenvalue weighted by atomic mass is 19.2. The fourth-order valence-corrected chi connectivity index (χ4v) is 4.71. The number of hydrogen-bond acceptors (Lipinski definition) is 6. The van der Waals surface area contributed by atoms with Gasteiger partial charge in [0.05, 0.1) is 53.5 Å². The van der Waals surface area contributed by atoms with E-state index in [2.05, 4.69) is 9.98 Å². The van der Waals surface area contributed by atoms with Crippen LogP contribution in [0.1, 0.15) is 0 Å². The maximum absolute atomic E-state index is 15.2. The second kappa shape index (κ2) is 11.6. The summed E-state index contributed by atoms with van der Waals surface area (Å²) < 4.78 is 135. The van der Waals surface area contributed by atoms with Crippen LogP contribution in [0.3, 0.4) is 0 Å².